The number of aliphatic hydroxyl groups excluding tert-OH is 1. The van der Waals surface area contributed by atoms with Gasteiger partial charge in [0.15, 0.2) is 0 Å². The van der Waals surface area contributed by atoms with Crippen LogP contribution in [0.4, 0.5) is 0 Å². The maximum atomic E-state index is 8.72. The first-order valence-electron chi connectivity index (χ1n) is 5.00. The van der Waals surface area contributed by atoms with Crippen molar-refractivity contribution in [2.24, 2.45) is 0 Å². The van der Waals surface area contributed by atoms with E-state index in [9.17, 15) is 0 Å². The monoisotopic (exact) mass is 222 g/mol. The molecule has 0 bridgehead atoms. The van der Waals surface area contributed by atoms with Gasteiger partial charge < -0.3 is 10.1 Å². The highest BCUT2D eigenvalue weighted by Crippen LogP contribution is 2.27. The van der Waals surface area contributed by atoms with Crippen molar-refractivity contribution in [2.75, 3.05) is 6.61 Å². The van der Waals surface area contributed by atoms with E-state index in [0.29, 0.717) is 0 Å². The summed E-state index contributed by atoms with van der Waals surface area (Å²) in [5.74, 6) is 0.951. The van der Waals surface area contributed by atoms with Crippen LogP contribution in [-0.4, -0.2) is 21.7 Å². The first kappa shape index (κ1) is 10.4. The molecule has 0 saturated heterocycles. The Labute approximate surface area is 92.8 Å². The van der Waals surface area contributed by atoms with Crippen LogP contribution in [0, 0.1) is 6.92 Å². The third-order valence-electron chi connectivity index (χ3n) is 2.31. The molecule has 0 aromatic carbocycles. The summed E-state index contributed by atoms with van der Waals surface area (Å²) in [7, 11) is 0. The third-order valence-corrected chi connectivity index (χ3v) is 3.36. The van der Waals surface area contributed by atoms with Crippen molar-refractivity contribution in [3.63, 3.8) is 0 Å². The molecule has 0 saturated carbocycles. The highest BCUT2D eigenvalue weighted by atomic mass is 32.1. The minimum Gasteiger partial charge on any atom is -0.396 e. The lowest BCUT2D eigenvalue weighted by molar-refractivity contribution is 0.287. The Kier molecular flexibility index (Phi) is 3.18. The van der Waals surface area contributed by atoms with E-state index in [4.69, 9.17) is 5.11 Å². The van der Waals surface area contributed by atoms with E-state index in [1.165, 1.54) is 10.4 Å². The van der Waals surface area contributed by atoms with Crippen molar-refractivity contribution in [2.45, 2.75) is 19.8 Å². The molecule has 2 N–H and O–H groups in total. The van der Waals surface area contributed by atoms with Gasteiger partial charge in [0.1, 0.15) is 5.82 Å². The van der Waals surface area contributed by atoms with Crippen LogP contribution < -0.4 is 0 Å². The average molecular weight is 222 g/mol. The predicted octanol–water partition coefficient (Wildman–Crippen LogP) is 2.37. The van der Waals surface area contributed by atoms with Gasteiger partial charge in [0.05, 0.1) is 16.8 Å². The second-order valence-electron chi connectivity index (χ2n) is 3.50. The van der Waals surface area contributed by atoms with Crippen molar-refractivity contribution in [1.29, 1.82) is 0 Å². The topological polar surface area (TPSA) is 48.9 Å². The highest BCUT2D eigenvalue weighted by Gasteiger charge is 2.06. The molecule has 0 aliphatic carbocycles. The van der Waals surface area contributed by atoms with Gasteiger partial charge in [-0.05, 0) is 30.4 Å². The lowest BCUT2D eigenvalue weighted by Crippen LogP contribution is -1.91. The number of nitrogens with zero attached hydrogens (tertiary/aromatic N) is 1. The number of H-pyrrole nitrogens is 1. The maximum absolute atomic E-state index is 8.72. The molecule has 0 radical (unpaired) electrons. The molecule has 80 valence electrons. The van der Waals surface area contributed by atoms with Gasteiger partial charge in [0.2, 0.25) is 0 Å². The molecule has 4 heteroatoms. The smallest absolute Gasteiger partial charge is 0.106 e. The first-order chi connectivity index (χ1) is 7.31. The van der Waals surface area contributed by atoms with Crippen molar-refractivity contribution in [3.05, 3.63) is 29.0 Å². The molecule has 15 heavy (non-hydrogen) atoms. The maximum Gasteiger partial charge on any atom is 0.106 e. The highest BCUT2D eigenvalue weighted by molar-refractivity contribution is 7.13. The number of aliphatic hydroxyl groups is 1. The van der Waals surface area contributed by atoms with Gasteiger partial charge in [-0.25, -0.2) is 4.98 Å². The molecule has 3 nitrogen and oxygen atoms in total. The molecule has 2 rings (SSSR count). The first-order valence-corrected chi connectivity index (χ1v) is 5.88. The van der Waals surface area contributed by atoms with Gasteiger partial charge in [-0.3, -0.25) is 0 Å². The third kappa shape index (κ3) is 2.27. The number of rotatable bonds is 4. The summed E-state index contributed by atoms with van der Waals surface area (Å²) in [6, 6.07) is 2.11. The van der Waals surface area contributed by atoms with Gasteiger partial charge in [-0.15, -0.1) is 11.3 Å². The normalized spacial score (nSPS) is 10.8. The molecule has 0 spiro atoms. The Balaban J connectivity index is 2.17. The zero-order chi connectivity index (χ0) is 10.7. The molecule has 0 fully saturated rings. The van der Waals surface area contributed by atoms with E-state index in [1.54, 1.807) is 11.3 Å². The number of imidazole rings is 1. The van der Waals surface area contributed by atoms with Crippen LogP contribution in [0.2, 0.25) is 0 Å². The number of nitrogens with one attached hydrogen (secondary N) is 1. The van der Waals surface area contributed by atoms with Crippen LogP contribution >= 0.6 is 11.3 Å². The molecule has 2 aromatic heterocycles. The second kappa shape index (κ2) is 4.59. The molecule has 0 aliphatic rings. The summed E-state index contributed by atoms with van der Waals surface area (Å²) < 4.78 is 0. The van der Waals surface area contributed by atoms with Crippen LogP contribution in [0.15, 0.2) is 17.6 Å². The van der Waals surface area contributed by atoms with Crippen LogP contribution in [0.3, 0.4) is 0 Å². The number of thiophene rings is 1. The Bertz CT molecular complexity index is 433. The van der Waals surface area contributed by atoms with Gasteiger partial charge in [-0.2, -0.15) is 0 Å². The van der Waals surface area contributed by atoms with Crippen LogP contribution in [0.5, 0.6) is 0 Å². The van der Waals surface area contributed by atoms with E-state index >= 15 is 0 Å². The van der Waals surface area contributed by atoms with Gasteiger partial charge >= 0.3 is 0 Å². The van der Waals surface area contributed by atoms with Crippen molar-refractivity contribution >= 4 is 11.3 Å². The zero-order valence-corrected chi connectivity index (χ0v) is 9.47. The van der Waals surface area contributed by atoms with Gasteiger partial charge in [0.25, 0.3) is 0 Å². The molecule has 0 amide bonds. The van der Waals surface area contributed by atoms with E-state index < -0.39 is 0 Å². The van der Waals surface area contributed by atoms with Crippen LogP contribution in [0.25, 0.3) is 10.6 Å². The van der Waals surface area contributed by atoms with Gasteiger partial charge in [-0.1, -0.05) is 0 Å². The lowest BCUT2D eigenvalue weighted by atomic mass is 10.2. The van der Waals surface area contributed by atoms with Gasteiger partial charge in [0, 0.05) is 13.0 Å². The molecule has 2 aromatic rings. The Morgan fingerprint density at radius 3 is 3.07 bits per heavy atom. The largest absolute Gasteiger partial charge is 0.396 e. The fraction of sp³-hybridized carbons (Fsp3) is 0.364. The Hall–Kier alpha value is -1.13. The predicted molar refractivity (Wildman–Crippen MR) is 62.0 cm³/mol. The molecule has 2 heterocycles. The number of hydrogen-bond donors (Lipinski definition) is 2. The summed E-state index contributed by atoms with van der Waals surface area (Å²) >= 11 is 1.72. The molecule has 0 atom stereocenters. The summed E-state index contributed by atoms with van der Waals surface area (Å²) in [5.41, 5.74) is 2.35. The minimum absolute atomic E-state index is 0.216. The Morgan fingerprint density at radius 1 is 1.53 bits per heavy atom. The quantitative estimate of drug-likeness (QED) is 0.834. The summed E-state index contributed by atoms with van der Waals surface area (Å²) in [5, 5.41) is 10.8. The minimum atomic E-state index is 0.216. The van der Waals surface area contributed by atoms with Crippen LogP contribution in [-0.2, 0) is 6.42 Å². The fourth-order valence-corrected chi connectivity index (χ4v) is 2.39. The molecule has 0 unspecified atom stereocenters. The number of aryl methyl sites for hydroxylation is 2. The van der Waals surface area contributed by atoms with E-state index in [1.807, 2.05) is 6.20 Å². The van der Waals surface area contributed by atoms with E-state index in [-0.39, 0.29) is 6.61 Å². The Morgan fingerprint density at radius 2 is 2.40 bits per heavy atom. The van der Waals surface area contributed by atoms with Crippen molar-refractivity contribution < 1.29 is 5.11 Å². The van der Waals surface area contributed by atoms with E-state index in [0.717, 1.165) is 24.4 Å². The SMILES string of the molecule is Cc1ccsc1-c1cnc(CCCO)[nH]1. The number of hydrogen-bond acceptors (Lipinski definition) is 3. The van der Waals surface area contributed by atoms with Crippen molar-refractivity contribution in [1.82, 2.24) is 9.97 Å². The lowest BCUT2D eigenvalue weighted by Gasteiger charge is -1.95. The fourth-order valence-electron chi connectivity index (χ4n) is 1.50. The summed E-state index contributed by atoms with van der Waals surface area (Å²) in [6.07, 6.45) is 3.43. The average Bonchev–Trinajstić information content (AvgIpc) is 2.83. The molecule has 0 aliphatic heterocycles. The number of aromatic nitrogens is 2. The zero-order valence-electron chi connectivity index (χ0n) is 8.66. The summed E-state index contributed by atoms with van der Waals surface area (Å²) in [4.78, 5) is 8.82. The molecular weight excluding hydrogens is 208 g/mol. The van der Waals surface area contributed by atoms with Crippen molar-refractivity contribution in [3.8, 4) is 10.6 Å². The van der Waals surface area contributed by atoms with E-state index in [2.05, 4.69) is 28.3 Å². The van der Waals surface area contributed by atoms with Crippen LogP contribution in [0.1, 0.15) is 17.8 Å². The number of aromatic amines is 1. The molecular formula is C11H14N2OS. The summed E-state index contributed by atoms with van der Waals surface area (Å²) in [6.45, 7) is 2.31. The second-order valence-corrected chi connectivity index (χ2v) is 4.42. The standard InChI is InChI=1S/C11H14N2OS/c1-8-4-6-15-11(8)9-7-12-10(13-9)3-2-5-14/h4,6-7,14H,2-3,5H2,1H3,(H,12,13).